The van der Waals surface area contributed by atoms with Crippen LogP contribution in [0, 0.1) is 5.92 Å². The Bertz CT molecular complexity index is 294. The second-order valence-corrected chi connectivity index (χ2v) is 5.36. The van der Waals surface area contributed by atoms with E-state index in [0.29, 0.717) is 31.8 Å². The van der Waals surface area contributed by atoms with Gasteiger partial charge in [0.15, 0.2) is 0 Å². The van der Waals surface area contributed by atoms with Crippen molar-refractivity contribution < 1.29 is 9.59 Å². The fourth-order valence-corrected chi connectivity index (χ4v) is 2.47. The first-order valence-electron chi connectivity index (χ1n) is 7.42. The summed E-state index contributed by atoms with van der Waals surface area (Å²) in [4.78, 5) is 23.1. The van der Waals surface area contributed by atoms with E-state index in [1.807, 2.05) is 6.92 Å². The van der Waals surface area contributed by atoms with Gasteiger partial charge < -0.3 is 16.4 Å². The molecule has 0 aromatic heterocycles. The first-order valence-corrected chi connectivity index (χ1v) is 7.42. The molecule has 2 unspecified atom stereocenters. The molecule has 0 spiro atoms. The van der Waals surface area contributed by atoms with Crippen LogP contribution in [0.25, 0.3) is 0 Å². The van der Waals surface area contributed by atoms with Gasteiger partial charge in [-0.05, 0) is 25.2 Å². The van der Waals surface area contributed by atoms with Crippen LogP contribution in [0.3, 0.4) is 0 Å². The van der Waals surface area contributed by atoms with Crippen molar-refractivity contribution in [2.75, 3.05) is 13.1 Å². The molecule has 2 atom stereocenters. The molecule has 4 N–H and O–H groups in total. The number of rotatable bonds is 7. The lowest BCUT2D eigenvalue weighted by Gasteiger charge is -2.27. The third-order valence-corrected chi connectivity index (χ3v) is 3.66. The van der Waals surface area contributed by atoms with Gasteiger partial charge in [0.2, 0.25) is 11.8 Å². The Morgan fingerprint density at radius 3 is 2.47 bits per heavy atom. The maximum absolute atomic E-state index is 11.8. The Kier molecular flexibility index (Phi) is 7.48. The van der Waals surface area contributed by atoms with E-state index in [1.54, 1.807) is 0 Å². The molecular weight excluding hydrogens is 242 g/mol. The van der Waals surface area contributed by atoms with Gasteiger partial charge in [0, 0.05) is 32.0 Å². The van der Waals surface area contributed by atoms with E-state index < -0.39 is 0 Å². The normalized spacial score (nSPS) is 22.8. The first-order chi connectivity index (χ1) is 9.13. The van der Waals surface area contributed by atoms with E-state index >= 15 is 0 Å². The summed E-state index contributed by atoms with van der Waals surface area (Å²) >= 11 is 0. The molecule has 1 rings (SSSR count). The van der Waals surface area contributed by atoms with Crippen LogP contribution in [-0.2, 0) is 9.59 Å². The number of amides is 2. The zero-order chi connectivity index (χ0) is 14.1. The molecule has 1 aliphatic rings. The van der Waals surface area contributed by atoms with Gasteiger partial charge in [-0.15, -0.1) is 0 Å². The molecule has 5 nitrogen and oxygen atoms in total. The van der Waals surface area contributed by atoms with Crippen LogP contribution < -0.4 is 16.4 Å². The minimum Gasteiger partial charge on any atom is -0.356 e. The fourth-order valence-electron chi connectivity index (χ4n) is 2.47. The number of carbonyl (C=O) groups excluding carboxylic acids is 2. The van der Waals surface area contributed by atoms with Crippen LogP contribution in [-0.4, -0.2) is 30.9 Å². The highest BCUT2D eigenvalue weighted by atomic mass is 16.2. The second-order valence-electron chi connectivity index (χ2n) is 5.36. The van der Waals surface area contributed by atoms with Gasteiger partial charge >= 0.3 is 0 Å². The van der Waals surface area contributed by atoms with Crippen molar-refractivity contribution in [3.05, 3.63) is 0 Å². The predicted octanol–water partition coefficient (Wildman–Crippen LogP) is 0.927. The first kappa shape index (κ1) is 16.0. The number of hydrogen-bond acceptors (Lipinski definition) is 3. The molecule has 0 bridgehead atoms. The Morgan fingerprint density at radius 2 is 1.79 bits per heavy atom. The summed E-state index contributed by atoms with van der Waals surface area (Å²) in [6, 6.07) is 0.160. The summed E-state index contributed by atoms with van der Waals surface area (Å²) in [5.74, 6) is 0.324. The molecular formula is C14H27N3O2. The van der Waals surface area contributed by atoms with Gasteiger partial charge in [-0.3, -0.25) is 9.59 Å². The molecule has 1 aliphatic carbocycles. The summed E-state index contributed by atoms with van der Waals surface area (Å²) < 4.78 is 0. The zero-order valence-corrected chi connectivity index (χ0v) is 11.9. The van der Waals surface area contributed by atoms with Crippen molar-refractivity contribution in [2.45, 2.75) is 57.9 Å². The molecule has 19 heavy (non-hydrogen) atoms. The van der Waals surface area contributed by atoms with Crippen molar-refractivity contribution in [2.24, 2.45) is 11.7 Å². The highest BCUT2D eigenvalue weighted by molar-refractivity contribution is 5.79. The van der Waals surface area contributed by atoms with Gasteiger partial charge in [-0.2, -0.15) is 0 Å². The van der Waals surface area contributed by atoms with E-state index in [4.69, 9.17) is 5.73 Å². The van der Waals surface area contributed by atoms with E-state index in [2.05, 4.69) is 10.6 Å². The third-order valence-electron chi connectivity index (χ3n) is 3.66. The maximum Gasteiger partial charge on any atom is 0.221 e. The number of hydrogen-bond donors (Lipinski definition) is 3. The van der Waals surface area contributed by atoms with Crippen molar-refractivity contribution in [1.82, 2.24) is 10.6 Å². The Hall–Kier alpha value is -1.10. The molecule has 0 radical (unpaired) electrons. The quantitative estimate of drug-likeness (QED) is 0.643. The summed E-state index contributed by atoms with van der Waals surface area (Å²) in [5, 5.41) is 5.59. The minimum absolute atomic E-state index is 0.00322. The van der Waals surface area contributed by atoms with Gasteiger partial charge in [0.25, 0.3) is 0 Å². The smallest absolute Gasteiger partial charge is 0.221 e. The average Bonchev–Trinajstić information content (AvgIpc) is 2.39. The summed E-state index contributed by atoms with van der Waals surface area (Å²) in [6.45, 7) is 3.12. The Balaban J connectivity index is 2.12. The van der Waals surface area contributed by atoms with Crippen LogP contribution in [0.5, 0.6) is 0 Å². The topological polar surface area (TPSA) is 84.2 Å². The average molecular weight is 269 g/mol. The lowest BCUT2D eigenvalue weighted by molar-refractivity contribution is -0.123. The number of carbonyl (C=O) groups is 2. The molecule has 5 heteroatoms. The SMILES string of the molecule is CCCNC(=O)CCNC(=O)CC1CCCCC1N. The van der Waals surface area contributed by atoms with Crippen LogP contribution in [0.1, 0.15) is 51.9 Å². The second kappa shape index (κ2) is 8.91. The van der Waals surface area contributed by atoms with E-state index in [1.165, 1.54) is 12.8 Å². The summed E-state index contributed by atoms with van der Waals surface area (Å²) in [6.07, 6.45) is 6.20. The zero-order valence-electron chi connectivity index (χ0n) is 11.9. The van der Waals surface area contributed by atoms with Crippen molar-refractivity contribution in [3.8, 4) is 0 Å². The van der Waals surface area contributed by atoms with Crippen molar-refractivity contribution >= 4 is 11.8 Å². The molecule has 0 aromatic rings. The van der Waals surface area contributed by atoms with Gasteiger partial charge in [0.05, 0.1) is 0 Å². The standard InChI is InChI=1S/C14H27N3O2/c1-2-8-16-13(18)7-9-17-14(19)10-11-5-3-4-6-12(11)15/h11-12H,2-10,15H2,1H3,(H,16,18)(H,17,19). The molecule has 0 saturated heterocycles. The van der Waals surface area contributed by atoms with Gasteiger partial charge in [-0.1, -0.05) is 19.8 Å². The molecule has 2 amide bonds. The lowest BCUT2D eigenvalue weighted by atomic mass is 9.83. The van der Waals surface area contributed by atoms with Crippen molar-refractivity contribution in [1.29, 1.82) is 0 Å². The molecule has 110 valence electrons. The molecule has 1 saturated carbocycles. The molecule has 1 fully saturated rings. The van der Waals surface area contributed by atoms with Crippen LogP contribution in [0.15, 0.2) is 0 Å². The largest absolute Gasteiger partial charge is 0.356 e. The van der Waals surface area contributed by atoms with Crippen LogP contribution in [0.4, 0.5) is 0 Å². The van der Waals surface area contributed by atoms with Crippen LogP contribution in [0.2, 0.25) is 0 Å². The Morgan fingerprint density at radius 1 is 1.11 bits per heavy atom. The summed E-state index contributed by atoms with van der Waals surface area (Å²) in [7, 11) is 0. The van der Waals surface area contributed by atoms with E-state index in [9.17, 15) is 9.59 Å². The maximum atomic E-state index is 11.8. The predicted molar refractivity (Wildman–Crippen MR) is 75.5 cm³/mol. The molecule has 0 heterocycles. The molecule has 0 aliphatic heterocycles. The Labute approximate surface area is 115 Å². The number of nitrogens with two attached hydrogens (primary N) is 1. The fraction of sp³-hybridized carbons (Fsp3) is 0.857. The van der Waals surface area contributed by atoms with E-state index in [-0.39, 0.29) is 17.9 Å². The van der Waals surface area contributed by atoms with E-state index in [0.717, 1.165) is 19.3 Å². The third kappa shape index (κ3) is 6.57. The highest BCUT2D eigenvalue weighted by Gasteiger charge is 2.23. The lowest BCUT2D eigenvalue weighted by Crippen LogP contribution is -2.38. The van der Waals surface area contributed by atoms with Gasteiger partial charge in [0.1, 0.15) is 0 Å². The van der Waals surface area contributed by atoms with Crippen molar-refractivity contribution in [3.63, 3.8) is 0 Å². The monoisotopic (exact) mass is 269 g/mol. The number of nitrogens with one attached hydrogen (secondary N) is 2. The van der Waals surface area contributed by atoms with Crippen LogP contribution >= 0.6 is 0 Å². The van der Waals surface area contributed by atoms with Gasteiger partial charge in [-0.25, -0.2) is 0 Å². The highest BCUT2D eigenvalue weighted by Crippen LogP contribution is 2.25. The summed E-state index contributed by atoms with van der Waals surface area (Å²) in [5.41, 5.74) is 6.01. The molecule has 0 aromatic carbocycles. The minimum atomic E-state index is -0.00322.